The molecule has 0 atom stereocenters. The quantitative estimate of drug-likeness (QED) is 0.153. The lowest BCUT2D eigenvalue weighted by atomic mass is 10.0. The Morgan fingerprint density at radius 3 is 1.00 bits per heavy atom. The molecule has 0 nitrogen and oxygen atoms in total. The lowest BCUT2D eigenvalue weighted by molar-refractivity contribution is 0.530. The zero-order valence-electron chi connectivity index (χ0n) is 17.3. The zero-order valence-corrected chi connectivity index (χ0v) is 17.3. The number of hydrogen-bond acceptors (Lipinski definition) is 0. The summed E-state index contributed by atoms with van der Waals surface area (Å²) in [5.41, 5.74) is 0. The minimum atomic E-state index is 1.29. The van der Waals surface area contributed by atoms with Gasteiger partial charge in [0.25, 0.3) is 0 Å². The number of rotatable bonds is 20. The summed E-state index contributed by atoms with van der Waals surface area (Å²) in [4.78, 5) is 0. The fraction of sp³-hybridized carbons (Fsp3) is 0.917. The van der Waals surface area contributed by atoms with Crippen LogP contribution < -0.4 is 0 Å². The summed E-state index contributed by atoms with van der Waals surface area (Å²) in [5.74, 6) is 0. The van der Waals surface area contributed by atoms with Gasteiger partial charge < -0.3 is 0 Å². The summed E-state index contributed by atoms with van der Waals surface area (Å²) in [6.07, 6.45) is 33.4. The molecule has 144 valence electrons. The van der Waals surface area contributed by atoms with Crippen LogP contribution in [0, 0.1) is 0 Å². The van der Waals surface area contributed by atoms with Gasteiger partial charge in [0, 0.05) is 0 Å². The van der Waals surface area contributed by atoms with Gasteiger partial charge in [0.05, 0.1) is 0 Å². The molecule has 0 unspecified atom stereocenters. The second-order valence-corrected chi connectivity index (χ2v) is 7.71. The van der Waals surface area contributed by atoms with E-state index >= 15 is 0 Å². The first-order valence-electron chi connectivity index (χ1n) is 11.6. The molecule has 0 bridgehead atoms. The van der Waals surface area contributed by atoms with Crippen molar-refractivity contribution in [3.8, 4) is 0 Å². The molecule has 0 aromatic heterocycles. The molecule has 0 radical (unpaired) electrons. The van der Waals surface area contributed by atoms with Gasteiger partial charge in [-0.1, -0.05) is 135 Å². The highest BCUT2D eigenvalue weighted by Gasteiger charge is 1.94. The summed E-state index contributed by atoms with van der Waals surface area (Å²) in [6, 6.07) is 0. The Hall–Kier alpha value is -0.260. The van der Waals surface area contributed by atoms with Gasteiger partial charge >= 0.3 is 0 Å². The van der Waals surface area contributed by atoms with Gasteiger partial charge in [-0.05, 0) is 19.3 Å². The lowest BCUT2D eigenvalue weighted by Crippen LogP contribution is -1.83. The van der Waals surface area contributed by atoms with Crippen molar-refractivity contribution in [2.75, 3.05) is 0 Å². The highest BCUT2D eigenvalue weighted by molar-refractivity contribution is 4.81. The van der Waals surface area contributed by atoms with Crippen LogP contribution in [0.3, 0.4) is 0 Å². The second-order valence-electron chi connectivity index (χ2n) is 7.71. The van der Waals surface area contributed by atoms with Crippen LogP contribution in [0.1, 0.15) is 142 Å². The Kier molecular flexibility index (Phi) is 22.5. The standard InChI is InChI=1S/C24H48/c1-3-5-7-9-11-13-15-17-19-21-23-24-22-20-18-16-14-12-10-8-6-4-2/h9,11H,3-8,10,12-24H2,1-2H3/b11-9+. The predicted octanol–water partition coefficient (Wildman–Crippen LogP) is 9.38. The average Bonchev–Trinajstić information content (AvgIpc) is 2.60. The minimum Gasteiger partial charge on any atom is -0.0885 e. The largest absolute Gasteiger partial charge is 0.0885 e. The average molecular weight is 337 g/mol. The van der Waals surface area contributed by atoms with Crippen LogP contribution in [0.15, 0.2) is 12.2 Å². The third kappa shape index (κ3) is 21.7. The van der Waals surface area contributed by atoms with Crippen LogP contribution in [-0.4, -0.2) is 0 Å². The van der Waals surface area contributed by atoms with Crippen LogP contribution >= 0.6 is 0 Å². The van der Waals surface area contributed by atoms with Crippen LogP contribution in [-0.2, 0) is 0 Å². The topological polar surface area (TPSA) is 0 Å². The zero-order chi connectivity index (χ0) is 17.6. The molecule has 0 aromatic carbocycles. The van der Waals surface area contributed by atoms with E-state index < -0.39 is 0 Å². The van der Waals surface area contributed by atoms with Crippen LogP contribution in [0.4, 0.5) is 0 Å². The number of allylic oxidation sites excluding steroid dienone is 2. The third-order valence-corrected chi connectivity index (χ3v) is 5.12. The number of unbranched alkanes of at least 4 members (excludes halogenated alkanes) is 18. The molecule has 0 aliphatic carbocycles. The van der Waals surface area contributed by atoms with Gasteiger partial charge in [0.2, 0.25) is 0 Å². The molecule has 0 spiro atoms. The Labute approximate surface area is 154 Å². The van der Waals surface area contributed by atoms with Crippen molar-refractivity contribution in [3.05, 3.63) is 12.2 Å². The Balaban J connectivity index is 2.99. The van der Waals surface area contributed by atoms with Gasteiger partial charge in [0.15, 0.2) is 0 Å². The van der Waals surface area contributed by atoms with Crippen molar-refractivity contribution in [1.29, 1.82) is 0 Å². The molecule has 0 saturated carbocycles. The predicted molar refractivity (Wildman–Crippen MR) is 113 cm³/mol. The van der Waals surface area contributed by atoms with Crippen molar-refractivity contribution in [3.63, 3.8) is 0 Å². The Morgan fingerprint density at radius 1 is 0.333 bits per heavy atom. The summed E-state index contributed by atoms with van der Waals surface area (Å²) in [7, 11) is 0. The molecule has 0 amide bonds. The maximum absolute atomic E-state index is 2.40. The number of hydrogen-bond donors (Lipinski definition) is 0. The van der Waals surface area contributed by atoms with E-state index in [1.807, 2.05) is 0 Å². The molecule has 0 aromatic rings. The molecular weight excluding hydrogens is 288 g/mol. The molecular formula is C24H48. The smallest absolute Gasteiger partial charge is 0.0351 e. The van der Waals surface area contributed by atoms with Crippen molar-refractivity contribution in [2.45, 2.75) is 142 Å². The fourth-order valence-corrected chi connectivity index (χ4v) is 3.37. The Morgan fingerprint density at radius 2 is 0.625 bits per heavy atom. The first kappa shape index (κ1) is 23.7. The van der Waals surface area contributed by atoms with Gasteiger partial charge in [-0.25, -0.2) is 0 Å². The van der Waals surface area contributed by atoms with E-state index in [1.165, 1.54) is 128 Å². The van der Waals surface area contributed by atoms with Gasteiger partial charge in [-0.3, -0.25) is 0 Å². The normalized spacial score (nSPS) is 11.6. The van der Waals surface area contributed by atoms with E-state index in [2.05, 4.69) is 26.0 Å². The molecule has 0 heteroatoms. The van der Waals surface area contributed by atoms with E-state index in [0.29, 0.717) is 0 Å². The van der Waals surface area contributed by atoms with Crippen molar-refractivity contribution in [1.82, 2.24) is 0 Å². The summed E-state index contributed by atoms with van der Waals surface area (Å²) in [6.45, 7) is 4.57. The van der Waals surface area contributed by atoms with Crippen LogP contribution in [0.25, 0.3) is 0 Å². The van der Waals surface area contributed by atoms with E-state index in [1.54, 1.807) is 0 Å². The van der Waals surface area contributed by atoms with Crippen molar-refractivity contribution >= 4 is 0 Å². The van der Waals surface area contributed by atoms with E-state index in [-0.39, 0.29) is 0 Å². The minimum absolute atomic E-state index is 1.29. The van der Waals surface area contributed by atoms with Crippen molar-refractivity contribution in [2.24, 2.45) is 0 Å². The van der Waals surface area contributed by atoms with Gasteiger partial charge in [0.1, 0.15) is 0 Å². The molecule has 0 N–H and O–H groups in total. The highest BCUT2D eigenvalue weighted by Crippen LogP contribution is 2.14. The van der Waals surface area contributed by atoms with E-state index in [9.17, 15) is 0 Å². The highest BCUT2D eigenvalue weighted by atomic mass is 14.0. The summed E-state index contributed by atoms with van der Waals surface area (Å²) >= 11 is 0. The Bertz CT molecular complexity index is 228. The monoisotopic (exact) mass is 336 g/mol. The summed E-state index contributed by atoms with van der Waals surface area (Å²) < 4.78 is 0. The second kappa shape index (κ2) is 22.7. The fourth-order valence-electron chi connectivity index (χ4n) is 3.37. The van der Waals surface area contributed by atoms with Crippen LogP contribution in [0.2, 0.25) is 0 Å². The molecule has 0 aliphatic heterocycles. The summed E-state index contributed by atoms with van der Waals surface area (Å²) in [5, 5.41) is 0. The lowest BCUT2D eigenvalue weighted by Gasteiger charge is -2.03. The SMILES string of the molecule is CCCC/C=C/CCCCCCCCCCCCCCCCCC. The maximum atomic E-state index is 2.40. The van der Waals surface area contributed by atoms with E-state index in [0.717, 1.165) is 0 Å². The van der Waals surface area contributed by atoms with Gasteiger partial charge in [-0.15, -0.1) is 0 Å². The first-order chi connectivity index (χ1) is 11.9. The molecule has 0 saturated heterocycles. The van der Waals surface area contributed by atoms with Gasteiger partial charge in [-0.2, -0.15) is 0 Å². The molecule has 0 rings (SSSR count). The van der Waals surface area contributed by atoms with Crippen LogP contribution in [0.5, 0.6) is 0 Å². The molecule has 0 heterocycles. The molecule has 0 aliphatic rings. The maximum Gasteiger partial charge on any atom is -0.0351 e. The first-order valence-corrected chi connectivity index (χ1v) is 11.6. The van der Waals surface area contributed by atoms with Crippen molar-refractivity contribution < 1.29 is 0 Å². The molecule has 24 heavy (non-hydrogen) atoms. The third-order valence-electron chi connectivity index (χ3n) is 5.12. The van der Waals surface area contributed by atoms with E-state index in [4.69, 9.17) is 0 Å². The molecule has 0 fully saturated rings.